The number of hydrogen-bond donors (Lipinski definition) is 2. The van der Waals surface area contributed by atoms with Gasteiger partial charge >= 0.3 is 11.7 Å². The number of benzene rings is 1. The number of nitro groups is 1. The second-order valence-corrected chi connectivity index (χ2v) is 5.29. The van der Waals surface area contributed by atoms with Gasteiger partial charge < -0.3 is 15.2 Å². The maximum absolute atomic E-state index is 14.0. The highest BCUT2D eigenvalue weighted by Gasteiger charge is 2.27. The van der Waals surface area contributed by atoms with Gasteiger partial charge in [-0.25, -0.2) is 4.39 Å². The smallest absolute Gasteiger partial charge is 0.313 e. The van der Waals surface area contributed by atoms with Crippen LogP contribution in [0.3, 0.4) is 0 Å². The number of halogens is 1. The quantitative estimate of drug-likeness (QED) is 0.640. The van der Waals surface area contributed by atoms with Crippen LogP contribution in [0.2, 0.25) is 0 Å². The molecule has 2 N–H and O–H groups in total. The van der Waals surface area contributed by atoms with Crippen molar-refractivity contribution in [3.63, 3.8) is 0 Å². The number of nitro benzene ring substituents is 1. The van der Waals surface area contributed by atoms with Crippen LogP contribution in [-0.2, 0) is 4.79 Å². The standard InChI is InChI=1S/C14H17FN2O5/c1-22-13-7-11(10(15)6-12(13)17(20)21)16-9-4-2-8(3-5-9)14(18)19/h6-9,16H,2-5H2,1H3,(H,18,19). The fourth-order valence-electron chi connectivity index (χ4n) is 2.66. The van der Waals surface area contributed by atoms with Crippen LogP contribution in [0.25, 0.3) is 0 Å². The molecule has 7 nitrogen and oxygen atoms in total. The third kappa shape index (κ3) is 3.44. The summed E-state index contributed by atoms with van der Waals surface area (Å²) in [5.41, 5.74) is -0.304. The number of carboxylic acids is 1. The number of aliphatic carboxylic acids is 1. The second-order valence-electron chi connectivity index (χ2n) is 5.29. The van der Waals surface area contributed by atoms with E-state index in [0.29, 0.717) is 25.7 Å². The third-order valence-corrected chi connectivity index (χ3v) is 3.90. The van der Waals surface area contributed by atoms with Gasteiger partial charge in [-0.05, 0) is 25.7 Å². The van der Waals surface area contributed by atoms with Gasteiger partial charge in [-0.1, -0.05) is 0 Å². The lowest BCUT2D eigenvalue weighted by Gasteiger charge is -2.27. The molecule has 2 rings (SSSR count). The molecule has 0 aliphatic heterocycles. The van der Waals surface area contributed by atoms with Crippen molar-refractivity contribution in [3.8, 4) is 5.75 Å². The molecule has 1 aliphatic rings. The van der Waals surface area contributed by atoms with Crippen LogP contribution in [0.4, 0.5) is 15.8 Å². The van der Waals surface area contributed by atoms with Gasteiger partial charge in [0.05, 0.1) is 29.7 Å². The van der Waals surface area contributed by atoms with Crippen molar-refractivity contribution < 1.29 is 24.0 Å². The minimum atomic E-state index is -0.804. The minimum absolute atomic E-state index is 0.0203. The average Bonchev–Trinajstić information content (AvgIpc) is 2.49. The summed E-state index contributed by atoms with van der Waals surface area (Å²) in [5.74, 6) is -1.91. The Hall–Kier alpha value is -2.38. The number of carbonyl (C=O) groups is 1. The summed E-state index contributed by atoms with van der Waals surface area (Å²) >= 11 is 0. The van der Waals surface area contributed by atoms with Crippen LogP contribution in [0, 0.1) is 21.8 Å². The molecule has 1 aliphatic carbocycles. The molecular weight excluding hydrogens is 295 g/mol. The Kier molecular flexibility index (Phi) is 4.79. The first-order chi connectivity index (χ1) is 10.4. The molecule has 8 heteroatoms. The van der Waals surface area contributed by atoms with E-state index >= 15 is 0 Å². The van der Waals surface area contributed by atoms with Crippen molar-refractivity contribution in [2.24, 2.45) is 5.92 Å². The third-order valence-electron chi connectivity index (χ3n) is 3.90. The first-order valence-corrected chi connectivity index (χ1v) is 6.93. The summed E-state index contributed by atoms with van der Waals surface area (Å²) in [7, 11) is 1.28. The molecule has 0 saturated heterocycles. The number of methoxy groups -OCH3 is 1. The summed E-state index contributed by atoms with van der Waals surface area (Å²) in [5, 5.41) is 22.7. The Morgan fingerprint density at radius 3 is 2.55 bits per heavy atom. The van der Waals surface area contributed by atoms with Crippen LogP contribution in [0.5, 0.6) is 5.75 Å². The lowest BCUT2D eigenvalue weighted by Crippen LogP contribution is -2.29. The van der Waals surface area contributed by atoms with Gasteiger partial charge in [0.1, 0.15) is 0 Å². The molecule has 1 fully saturated rings. The molecule has 1 aromatic rings. The molecule has 0 aromatic heterocycles. The Bertz CT molecular complexity index is 585. The molecule has 0 amide bonds. The summed E-state index contributed by atoms with van der Waals surface area (Å²) in [6.07, 6.45) is 2.27. The molecule has 22 heavy (non-hydrogen) atoms. The Morgan fingerprint density at radius 2 is 2.05 bits per heavy atom. The van der Waals surface area contributed by atoms with Gasteiger partial charge in [0.2, 0.25) is 0 Å². The number of ether oxygens (including phenoxy) is 1. The van der Waals surface area contributed by atoms with E-state index < -0.39 is 22.4 Å². The van der Waals surface area contributed by atoms with E-state index in [2.05, 4.69) is 5.32 Å². The van der Waals surface area contributed by atoms with Crippen LogP contribution in [0.1, 0.15) is 25.7 Å². The van der Waals surface area contributed by atoms with E-state index in [-0.39, 0.29) is 23.4 Å². The van der Waals surface area contributed by atoms with Crippen molar-refractivity contribution in [3.05, 3.63) is 28.1 Å². The van der Waals surface area contributed by atoms with E-state index in [1.165, 1.54) is 13.2 Å². The summed E-state index contributed by atoms with van der Waals surface area (Å²) < 4.78 is 18.9. The molecule has 0 spiro atoms. The molecule has 1 aromatic carbocycles. The van der Waals surface area contributed by atoms with Crippen molar-refractivity contribution >= 4 is 17.3 Å². The number of carboxylic acid groups (broad SMARTS) is 1. The lowest BCUT2D eigenvalue weighted by atomic mass is 9.86. The number of hydrogen-bond acceptors (Lipinski definition) is 5. The van der Waals surface area contributed by atoms with Crippen molar-refractivity contribution in [1.29, 1.82) is 0 Å². The van der Waals surface area contributed by atoms with E-state index in [4.69, 9.17) is 9.84 Å². The molecule has 120 valence electrons. The van der Waals surface area contributed by atoms with Crippen LogP contribution in [0.15, 0.2) is 12.1 Å². The predicted molar refractivity (Wildman–Crippen MR) is 76.6 cm³/mol. The van der Waals surface area contributed by atoms with Crippen LogP contribution >= 0.6 is 0 Å². The van der Waals surface area contributed by atoms with Crippen LogP contribution < -0.4 is 10.1 Å². The van der Waals surface area contributed by atoms with Crippen molar-refractivity contribution in [1.82, 2.24) is 0 Å². The summed E-state index contributed by atoms with van der Waals surface area (Å²) in [6.45, 7) is 0. The minimum Gasteiger partial charge on any atom is -0.490 e. The largest absolute Gasteiger partial charge is 0.490 e. The highest BCUT2D eigenvalue weighted by molar-refractivity contribution is 5.70. The van der Waals surface area contributed by atoms with Crippen molar-refractivity contribution in [2.75, 3.05) is 12.4 Å². The van der Waals surface area contributed by atoms with E-state index in [9.17, 15) is 19.3 Å². The number of nitrogens with one attached hydrogen (secondary N) is 1. The summed E-state index contributed by atoms with van der Waals surface area (Å²) in [4.78, 5) is 21.0. The molecule has 1 saturated carbocycles. The van der Waals surface area contributed by atoms with Crippen molar-refractivity contribution in [2.45, 2.75) is 31.7 Å². The predicted octanol–water partition coefficient (Wildman–Crippen LogP) is 2.80. The molecule has 0 unspecified atom stereocenters. The zero-order chi connectivity index (χ0) is 16.3. The molecule has 0 radical (unpaired) electrons. The lowest BCUT2D eigenvalue weighted by molar-refractivity contribution is -0.385. The Balaban J connectivity index is 2.10. The number of rotatable bonds is 5. The highest BCUT2D eigenvalue weighted by atomic mass is 19.1. The average molecular weight is 312 g/mol. The van der Waals surface area contributed by atoms with Gasteiger partial charge in [0.15, 0.2) is 11.6 Å². The van der Waals surface area contributed by atoms with E-state index in [1.54, 1.807) is 0 Å². The topological polar surface area (TPSA) is 102 Å². The Morgan fingerprint density at radius 1 is 1.41 bits per heavy atom. The van der Waals surface area contributed by atoms with Gasteiger partial charge in [-0.3, -0.25) is 14.9 Å². The van der Waals surface area contributed by atoms with Gasteiger partial charge in [0.25, 0.3) is 0 Å². The van der Waals surface area contributed by atoms with Crippen LogP contribution in [-0.4, -0.2) is 29.2 Å². The molecule has 0 bridgehead atoms. The fourth-order valence-corrected chi connectivity index (χ4v) is 2.66. The molecule has 0 heterocycles. The SMILES string of the molecule is COc1cc(NC2CCC(C(=O)O)CC2)c(F)cc1[N+](=O)[O-]. The highest BCUT2D eigenvalue weighted by Crippen LogP contribution is 2.34. The first-order valence-electron chi connectivity index (χ1n) is 6.93. The maximum atomic E-state index is 14.0. The summed E-state index contributed by atoms with van der Waals surface area (Å²) in [6, 6.07) is 2.03. The van der Waals surface area contributed by atoms with Gasteiger partial charge in [-0.2, -0.15) is 0 Å². The van der Waals surface area contributed by atoms with E-state index in [1.807, 2.05) is 0 Å². The number of anilines is 1. The van der Waals surface area contributed by atoms with E-state index in [0.717, 1.165) is 6.07 Å². The fraction of sp³-hybridized carbons (Fsp3) is 0.500. The van der Waals surface area contributed by atoms with Gasteiger partial charge in [0, 0.05) is 12.1 Å². The Labute approximate surface area is 126 Å². The van der Waals surface area contributed by atoms with Gasteiger partial charge in [-0.15, -0.1) is 0 Å². The number of nitrogens with zero attached hydrogens (tertiary/aromatic N) is 1. The molecule has 0 atom stereocenters. The normalized spacial score (nSPS) is 21.2. The first kappa shape index (κ1) is 16.0. The monoisotopic (exact) mass is 312 g/mol. The maximum Gasteiger partial charge on any atom is 0.313 e. The molecular formula is C14H17FN2O5. The zero-order valence-corrected chi connectivity index (χ0v) is 12.0. The zero-order valence-electron chi connectivity index (χ0n) is 12.0. The second kappa shape index (κ2) is 6.59.